The Balaban J connectivity index is 2.01. The Hall–Kier alpha value is -3.00. The van der Waals surface area contributed by atoms with Gasteiger partial charge < -0.3 is 5.11 Å². The summed E-state index contributed by atoms with van der Waals surface area (Å²) in [6, 6.07) is 16.7. The van der Waals surface area contributed by atoms with E-state index in [1.165, 1.54) is 30.3 Å². The number of rotatable bonds is 5. The van der Waals surface area contributed by atoms with E-state index in [4.69, 9.17) is 11.6 Å². The highest BCUT2D eigenvalue weighted by Crippen LogP contribution is 2.46. The van der Waals surface area contributed by atoms with Gasteiger partial charge in [0.25, 0.3) is 0 Å². The van der Waals surface area contributed by atoms with E-state index in [9.17, 15) is 22.7 Å². The molecule has 4 rings (SSSR count). The first-order valence-electron chi connectivity index (χ1n) is 10.2. The third-order valence-electron chi connectivity index (χ3n) is 5.77. The molecule has 3 aromatic rings. The Kier molecular flexibility index (Phi) is 6.38. The second kappa shape index (κ2) is 9.09. The standard InChI is InChI=1S/C25H21ClFNO4S/c1-16-6-2-5-9-23(16)33(31,32)28-22(17-10-12-18(26)13-11-17)15-14-20(25(29)30)24(28)19-7-3-4-8-21(19)27/h2-14,22,24H,15H2,1H3,(H,29,30)/t22?,24-/m0/s1. The lowest BCUT2D eigenvalue weighted by Gasteiger charge is -2.41. The molecule has 33 heavy (non-hydrogen) atoms. The number of carboxylic acid groups (broad SMARTS) is 1. The minimum Gasteiger partial charge on any atom is -0.478 e. The highest BCUT2D eigenvalue weighted by molar-refractivity contribution is 7.89. The van der Waals surface area contributed by atoms with Crippen LogP contribution in [0.5, 0.6) is 0 Å². The molecule has 2 atom stereocenters. The van der Waals surface area contributed by atoms with E-state index in [0.29, 0.717) is 16.1 Å². The molecule has 0 aromatic heterocycles. The highest BCUT2D eigenvalue weighted by Gasteiger charge is 2.45. The molecular weight excluding hydrogens is 465 g/mol. The molecule has 0 spiro atoms. The number of benzene rings is 3. The van der Waals surface area contributed by atoms with Crippen LogP contribution in [0.4, 0.5) is 4.39 Å². The van der Waals surface area contributed by atoms with Crippen molar-refractivity contribution in [3.8, 4) is 0 Å². The second-order valence-corrected chi connectivity index (χ2v) is 10.0. The summed E-state index contributed by atoms with van der Waals surface area (Å²) in [6.45, 7) is 1.67. The van der Waals surface area contributed by atoms with E-state index in [2.05, 4.69) is 0 Å². The first kappa shape index (κ1) is 23.2. The van der Waals surface area contributed by atoms with Crippen LogP contribution in [0.1, 0.15) is 35.2 Å². The van der Waals surface area contributed by atoms with Gasteiger partial charge in [0.05, 0.1) is 22.6 Å². The van der Waals surface area contributed by atoms with Gasteiger partial charge in [0.15, 0.2) is 0 Å². The third kappa shape index (κ3) is 4.31. The Morgan fingerprint density at radius 2 is 1.67 bits per heavy atom. The molecule has 0 bridgehead atoms. The van der Waals surface area contributed by atoms with Crippen molar-refractivity contribution in [2.75, 3.05) is 0 Å². The van der Waals surface area contributed by atoms with Crippen LogP contribution in [0, 0.1) is 12.7 Å². The molecule has 8 heteroatoms. The number of carboxylic acids is 1. The molecule has 1 aliphatic heterocycles. The van der Waals surface area contributed by atoms with Crippen molar-refractivity contribution in [1.29, 1.82) is 0 Å². The molecule has 0 saturated carbocycles. The van der Waals surface area contributed by atoms with Crippen LogP contribution < -0.4 is 0 Å². The molecule has 0 amide bonds. The Morgan fingerprint density at radius 3 is 2.30 bits per heavy atom. The maximum absolute atomic E-state index is 15.0. The van der Waals surface area contributed by atoms with Crippen molar-refractivity contribution in [2.24, 2.45) is 0 Å². The molecule has 0 radical (unpaired) electrons. The van der Waals surface area contributed by atoms with E-state index in [1.807, 2.05) is 0 Å². The minimum atomic E-state index is -4.25. The number of aliphatic carboxylic acids is 1. The predicted octanol–water partition coefficient (Wildman–Crippen LogP) is 5.68. The van der Waals surface area contributed by atoms with Crippen LogP contribution in [-0.4, -0.2) is 23.8 Å². The van der Waals surface area contributed by atoms with Crippen LogP contribution in [-0.2, 0) is 14.8 Å². The van der Waals surface area contributed by atoms with Gasteiger partial charge in [-0.1, -0.05) is 66.2 Å². The van der Waals surface area contributed by atoms with Gasteiger partial charge in [-0.25, -0.2) is 17.6 Å². The number of hydrogen-bond donors (Lipinski definition) is 1. The Labute approximate surface area is 196 Å². The topological polar surface area (TPSA) is 74.7 Å². The fraction of sp³-hybridized carbons (Fsp3) is 0.160. The van der Waals surface area contributed by atoms with E-state index < -0.39 is 33.9 Å². The zero-order valence-corrected chi connectivity index (χ0v) is 19.2. The molecule has 3 aromatic carbocycles. The average Bonchev–Trinajstić information content (AvgIpc) is 2.79. The smallest absolute Gasteiger partial charge is 0.333 e. The predicted molar refractivity (Wildman–Crippen MR) is 124 cm³/mol. The first-order valence-corrected chi connectivity index (χ1v) is 12.1. The van der Waals surface area contributed by atoms with Gasteiger partial charge in [-0.05, 0) is 48.7 Å². The summed E-state index contributed by atoms with van der Waals surface area (Å²) in [5.74, 6) is -1.99. The molecule has 170 valence electrons. The number of halogens is 2. The molecule has 1 N–H and O–H groups in total. The van der Waals surface area contributed by atoms with Crippen LogP contribution in [0.3, 0.4) is 0 Å². The van der Waals surface area contributed by atoms with E-state index in [-0.39, 0.29) is 22.5 Å². The van der Waals surface area contributed by atoms with E-state index in [1.54, 1.807) is 55.5 Å². The largest absolute Gasteiger partial charge is 0.478 e. The summed E-state index contributed by atoms with van der Waals surface area (Å²) in [7, 11) is -4.25. The summed E-state index contributed by atoms with van der Waals surface area (Å²) >= 11 is 6.03. The van der Waals surface area contributed by atoms with Gasteiger partial charge in [-0.15, -0.1) is 0 Å². The summed E-state index contributed by atoms with van der Waals surface area (Å²) in [6.07, 6.45) is 1.59. The fourth-order valence-corrected chi connectivity index (χ4v) is 6.34. The first-order chi connectivity index (χ1) is 15.7. The molecule has 1 heterocycles. The number of carbonyl (C=O) groups is 1. The Morgan fingerprint density at radius 1 is 1.03 bits per heavy atom. The molecule has 0 fully saturated rings. The SMILES string of the molecule is Cc1ccccc1S(=O)(=O)N1C(c2ccc(Cl)cc2)CC=C(C(=O)O)[C@@H]1c1ccccc1F. The van der Waals surface area contributed by atoms with Gasteiger partial charge in [0, 0.05) is 10.6 Å². The van der Waals surface area contributed by atoms with E-state index >= 15 is 0 Å². The minimum absolute atomic E-state index is 0.0260. The highest BCUT2D eigenvalue weighted by atomic mass is 35.5. The molecule has 0 saturated heterocycles. The maximum Gasteiger partial charge on any atom is 0.333 e. The van der Waals surface area contributed by atoms with Crippen molar-refractivity contribution in [2.45, 2.75) is 30.3 Å². The van der Waals surface area contributed by atoms with Crippen molar-refractivity contribution in [1.82, 2.24) is 4.31 Å². The maximum atomic E-state index is 15.0. The van der Waals surface area contributed by atoms with Crippen molar-refractivity contribution in [3.63, 3.8) is 0 Å². The third-order valence-corrected chi connectivity index (χ3v) is 8.05. The monoisotopic (exact) mass is 485 g/mol. The lowest BCUT2D eigenvalue weighted by Crippen LogP contribution is -2.43. The molecule has 1 unspecified atom stereocenters. The second-order valence-electron chi connectivity index (χ2n) is 7.79. The summed E-state index contributed by atoms with van der Waals surface area (Å²) in [5.41, 5.74) is 0.911. The number of hydrogen-bond acceptors (Lipinski definition) is 3. The number of aryl methyl sites for hydroxylation is 1. The quantitative estimate of drug-likeness (QED) is 0.505. The van der Waals surface area contributed by atoms with Crippen molar-refractivity contribution < 1.29 is 22.7 Å². The van der Waals surface area contributed by atoms with Crippen LogP contribution in [0.15, 0.2) is 89.3 Å². The molecule has 0 aliphatic carbocycles. The van der Waals surface area contributed by atoms with Gasteiger partial charge in [0.2, 0.25) is 10.0 Å². The van der Waals surface area contributed by atoms with Crippen LogP contribution in [0.2, 0.25) is 5.02 Å². The average molecular weight is 486 g/mol. The van der Waals surface area contributed by atoms with E-state index in [0.717, 1.165) is 4.31 Å². The van der Waals surface area contributed by atoms with Gasteiger partial charge in [-0.2, -0.15) is 4.31 Å². The normalized spacial score (nSPS) is 19.2. The molecule has 5 nitrogen and oxygen atoms in total. The molecule has 1 aliphatic rings. The lowest BCUT2D eigenvalue weighted by molar-refractivity contribution is -0.133. The number of sulfonamides is 1. The van der Waals surface area contributed by atoms with Gasteiger partial charge >= 0.3 is 5.97 Å². The summed E-state index contributed by atoms with van der Waals surface area (Å²) < 4.78 is 44.3. The summed E-state index contributed by atoms with van der Waals surface area (Å²) in [5, 5.41) is 10.4. The van der Waals surface area contributed by atoms with Crippen molar-refractivity contribution in [3.05, 3.63) is 112 Å². The zero-order valence-electron chi connectivity index (χ0n) is 17.7. The summed E-state index contributed by atoms with van der Waals surface area (Å²) in [4.78, 5) is 12.2. The molecular formula is C25H21ClFNO4S. The number of nitrogens with zero attached hydrogens (tertiary/aromatic N) is 1. The van der Waals surface area contributed by atoms with Crippen LogP contribution >= 0.6 is 11.6 Å². The zero-order chi connectivity index (χ0) is 23.8. The lowest BCUT2D eigenvalue weighted by atomic mass is 9.89. The fourth-order valence-electron chi connectivity index (χ4n) is 4.21. The van der Waals surface area contributed by atoms with Crippen molar-refractivity contribution >= 4 is 27.6 Å². The van der Waals surface area contributed by atoms with Gasteiger partial charge in [0.1, 0.15) is 5.82 Å². The Bertz CT molecular complexity index is 1340. The van der Waals surface area contributed by atoms with Gasteiger partial charge in [-0.3, -0.25) is 0 Å². The van der Waals surface area contributed by atoms with Crippen LogP contribution in [0.25, 0.3) is 0 Å².